The molecule has 39 heavy (non-hydrogen) atoms. The number of aromatic carboxylic acids is 1. The van der Waals surface area contributed by atoms with Gasteiger partial charge in [-0.1, -0.05) is 30.3 Å². The first-order chi connectivity index (χ1) is 18.7. The van der Waals surface area contributed by atoms with Crippen LogP contribution in [0.2, 0.25) is 0 Å². The zero-order chi connectivity index (χ0) is 28.3. The van der Waals surface area contributed by atoms with Gasteiger partial charge in [-0.25, -0.2) is 4.79 Å². The normalized spacial score (nSPS) is 11.5. The van der Waals surface area contributed by atoms with Gasteiger partial charge in [0.25, 0.3) is 0 Å². The van der Waals surface area contributed by atoms with E-state index in [1.165, 1.54) is 5.56 Å². The lowest BCUT2D eigenvalue weighted by molar-refractivity contribution is -0.156. The molecule has 216 valence electrons. The maximum absolute atomic E-state index is 11.6. The average molecular weight is 563 g/mol. The molecular formula is C30H42O8S. The van der Waals surface area contributed by atoms with Gasteiger partial charge in [-0.3, -0.25) is 4.79 Å². The number of hydrogen-bond acceptors (Lipinski definition) is 8. The van der Waals surface area contributed by atoms with Crippen LogP contribution in [0.25, 0.3) is 0 Å². The molecule has 8 nitrogen and oxygen atoms in total. The summed E-state index contributed by atoms with van der Waals surface area (Å²) in [6.07, 6.45) is 2.05. The van der Waals surface area contributed by atoms with Crippen molar-refractivity contribution >= 4 is 23.7 Å². The highest BCUT2D eigenvalue weighted by atomic mass is 32.2. The lowest BCUT2D eigenvalue weighted by Gasteiger charge is -2.19. The third kappa shape index (κ3) is 15.7. The quantitative estimate of drug-likeness (QED) is 0.129. The van der Waals surface area contributed by atoms with Gasteiger partial charge >= 0.3 is 11.9 Å². The second-order valence-electron chi connectivity index (χ2n) is 9.79. The standard InChI is InChI=1S/C30H42O8S/c1-30(2,3)38-28(31)13-15-35-17-19-37-21-20-36-18-16-34-14-7-9-24-8-6-11-26(22-24)39-23-25-10-4-5-12-27(25)29(32)33/h4-6,8,10-12,22H,7,9,13-21,23H2,1-3H3,(H,32,33). The molecule has 2 aromatic rings. The van der Waals surface area contributed by atoms with E-state index in [0.29, 0.717) is 64.2 Å². The predicted octanol–water partition coefficient (Wildman–Crippen LogP) is 5.41. The summed E-state index contributed by atoms with van der Waals surface area (Å²) in [5.74, 6) is -0.543. The zero-order valence-corrected chi connectivity index (χ0v) is 24.1. The lowest BCUT2D eigenvalue weighted by Crippen LogP contribution is -2.24. The minimum Gasteiger partial charge on any atom is -0.478 e. The van der Waals surface area contributed by atoms with E-state index in [0.717, 1.165) is 23.3 Å². The maximum Gasteiger partial charge on any atom is 0.335 e. The van der Waals surface area contributed by atoms with Gasteiger partial charge in [0.15, 0.2) is 0 Å². The van der Waals surface area contributed by atoms with E-state index >= 15 is 0 Å². The van der Waals surface area contributed by atoms with Gasteiger partial charge in [-0.15, -0.1) is 11.8 Å². The fourth-order valence-electron chi connectivity index (χ4n) is 3.49. The fourth-order valence-corrected chi connectivity index (χ4v) is 4.48. The molecule has 0 aliphatic heterocycles. The summed E-state index contributed by atoms with van der Waals surface area (Å²) in [5, 5.41) is 9.35. The Morgan fingerprint density at radius 2 is 1.41 bits per heavy atom. The van der Waals surface area contributed by atoms with Crippen LogP contribution in [-0.2, 0) is 40.7 Å². The van der Waals surface area contributed by atoms with E-state index in [1.54, 1.807) is 23.9 Å². The first-order valence-corrected chi connectivity index (χ1v) is 14.3. The van der Waals surface area contributed by atoms with Crippen molar-refractivity contribution in [3.8, 4) is 0 Å². The molecule has 0 fully saturated rings. The summed E-state index contributed by atoms with van der Waals surface area (Å²) >= 11 is 1.64. The summed E-state index contributed by atoms with van der Waals surface area (Å²) in [6.45, 7) is 9.38. The van der Waals surface area contributed by atoms with Gasteiger partial charge in [-0.05, 0) is 62.9 Å². The molecule has 0 saturated heterocycles. The number of benzene rings is 2. The third-order valence-electron chi connectivity index (χ3n) is 5.28. The molecule has 2 aromatic carbocycles. The van der Waals surface area contributed by atoms with Crippen LogP contribution in [0.5, 0.6) is 0 Å². The number of aryl methyl sites for hydroxylation is 1. The van der Waals surface area contributed by atoms with E-state index in [-0.39, 0.29) is 12.4 Å². The van der Waals surface area contributed by atoms with Crippen molar-refractivity contribution in [3.63, 3.8) is 0 Å². The molecule has 0 radical (unpaired) electrons. The second-order valence-corrected chi connectivity index (χ2v) is 10.8. The summed E-state index contributed by atoms with van der Waals surface area (Å²) in [7, 11) is 0. The Morgan fingerprint density at radius 3 is 2.05 bits per heavy atom. The topological polar surface area (TPSA) is 101 Å². The number of rotatable bonds is 20. The van der Waals surface area contributed by atoms with E-state index in [1.807, 2.05) is 39.0 Å². The van der Waals surface area contributed by atoms with Gasteiger partial charge in [-0.2, -0.15) is 0 Å². The monoisotopic (exact) mass is 562 g/mol. The molecule has 2 rings (SSSR count). The first kappa shape index (κ1) is 32.8. The number of carbonyl (C=O) groups is 2. The summed E-state index contributed by atoms with van der Waals surface area (Å²) in [4.78, 5) is 24.1. The SMILES string of the molecule is CC(C)(C)OC(=O)CCOCCOCCOCCOCCCc1cccc(SCc2ccccc2C(=O)O)c1. The van der Waals surface area contributed by atoms with E-state index < -0.39 is 11.6 Å². The van der Waals surface area contributed by atoms with Crippen molar-refractivity contribution < 1.29 is 38.4 Å². The van der Waals surface area contributed by atoms with Gasteiger partial charge in [0.2, 0.25) is 0 Å². The molecule has 0 bridgehead atoms. The van der Waals surface area contributed by atoms with Crippen molar-refractivity contribution in [1.29, 1.82) is 0 Å². The third-order valence-corrected chi connectivity index (χ3v) is 6.32. The minimum absolute atomic E-state index is 0.234. The number of esters is 1. The molecule has 9 heteroatoms. The average Bonchev–Trinajstić information content (AvgIpc) is 2.89. The van der Waals surface area contributed by atoms with Crippen LogP contribution in [0.15, 0.2) is 53.4 Å². The Bertz CT molecular complexity index is 989. The Morgan fingerprint density at radius 1 is 0.795 bits per heavy atom. The highest BCUT2D eigenvalue weighted by Gasteiger charge is 2.15. The Balaban J connectivity index is 1.43. The van der Waals surface area contributed by atoms with Crippen LogP contribution in [0.1, 0.15) is 55.1 Å². The van der Waals surface area contributed by atoms with Crippen molar-refractivity contribution in [1.82, 2.24) is 0 Å². The molecule has 0 aliphatic rings. The molecule has 0 unspecified atom stereocenters. The molecule has 0 heterocycles. The Kier molecular flexibility index (Phi) is 15.8. The van der Waals surface area contributed by atoms with Crippen molar-refractivity contribution in [3.05, 3.63) is 65.2 Å². The summed E-state index contributed by atoms with van der Waals surface area (Å²) < 4.78 is 27.2. The molecular weight excluding hydrogens is 520 g/mol. The number of carboxylic acid groups (broad SMARTS) is 1. The van der Waals surface area contributed by atoms with E-state index in [4.69, 9.17) is 23.7 Å². The van der Waals surface area contributed by atoms with E-state index in [2.05, 4.69) is 18.2 Å². The Hall–Kier alpha value is -2.43. The molecule has 0 amide bonds. The molecule has 0 saturated carbocycles. The van der Waals surface area contributed by atoms with Gasteiger partial charge in [0.1, 0.15) is 5.60 Å². The fraction of sp³-hybridized carbons (Fsp3) is 0.533. The van der Waals surface area contributed by atoms with Gasteiger partial charge in [0, 0.05) is 17.3 Å². The highest BCUT2D eigenvalue weighted by molar-refractivity contribution is 7.98. The van der Waals surface area contributed by atoms with Crippen molar-refractivity contribution in [2.75, 3.05) is 52.9 Å². The van der Waals surface area contributed by atoms with E-state index in [9.17, 15) is 14.7 Å². The molecule has 0 spiro atoms. The number of carbonyl (C=O) groups excluding carboxylic acids is 1. The lowest BCUT2D eigenvalue weighted by atomic mass is 10.1. The van der Waals surface area contributed by atoms with Crippen molar-refractivity contribution in [2.45, 2.75) is 56.3 Å². The molecule has 1 N–H and O–H groups in total. The number of ether oxygens (including phenoxy) is 5. The van der Waals surface area contributed by atoms with Crippen LogP contribution < -0.4 is 0 Å². The largest absolute Gasteiger partial charge is 0.478 e. The maximum atomic E-state index is 11.6. The summed E-state index contributed by atoms with van der Waals surface area (Å²) in [5.41, 5.74) is 1.94. The number of hydrogen-bond donors (Lipinski definition) is 1. The first-order valence-electron chi connectivity index (χ1n) is 13.3. The number of carboxylic acids is 1. The Labute approximate surface area is 236 Å². The minimum atomic E-state index is -0.894. The highest BCUT2D eigenvalue weighted by Crippen LogP contribution is 2.25. The van der Waals surface area contributed by atoms with Gasteiger partial charge < -0.3 is 28.8 Å². The predicted molar refractivity (Wildman–Crippen MR) is 151 cm³/mol. The van der Waals surface area contributed by atoms with Crippen LogP contribution in [0, 0.1) is 0 Å². The summed E-state index contributed by atoms with van der Waals surface area (Å²) in [6, 6.07) is 15.5. The molecule has 0 aliphatic carbocycles. The smallest absolute Gasteiger partial charge is 0.335 e. The van der Waals surface area contributed by atoms with Crippen LogP contribution in [-0.4, -0.2) is 75.5 Å². The van der Waals surface area contributed by atoms with Gasteiger partial charge in [0.05, 0.1) is 58.2 Å². The van der Waals surface area contributed by atoms with Crippen LogP contribution in [0.4, 0.5) is 0 Å². The van der Waals surface area contributed by atoms with Crippen LogP contribution >= 0.6 is 11.8 Å². The number of thioether (sulfide) groups is 1. The molecule has 0 atom stereocenters. The van der Waals surface area contributed by atoms with Crippen molar-refractivity contribution in [2.24, 2.45) is 0 Å². The second kappa shape index (κ2) is 18.8. The zero-order valence-electron chi connectivity index (χ0n) is 23.3. The van der Waals surface area contributed by atoms with Crippen LogP contribution in [0.3, 0.4) is 0 Å². The molecule has 0 aromatic heterocycles.